The first-order valence-electron chi connectivity index (χ1n) is 7.70. The van der Waals surface area contributed by atoms with Crippen LogP contribution in [0.4, 0.5) is 0 Å². The number of hydrogen-bond donors (Lipinski definition) is 2. The van der Waals surface area contributed by atoms with Gasteiger partial charge >= 0.3 is 0 Å². The molecule has 108 valence electrons. The molecule has 18 heavy (non-hydrogen) atoms. The zero-order valence-electron chi connectivity index (χ0n) is 12.2. The second-order valence-electron chi connectivity index (χ2n) is 5.65. The molecule has 1 saturated carbocycles. The van der Waals surface area contributed by atoms with Gasteiger partial charge in [0.25, 0.3) is 0 Å². The van der Waals surface area contributed by atoms with Crippen molar-refractivity contribution in [2.24, 2.45) is 5.92 Å². The normalized spacial score (nSPS) is 20.2. The van der Waals surface area contributed by atoms with E-state index < -0.39 is 0 Å². The van der Waals surface area contributed by atoms with E-state index in [9.17, 15) is 5.11 Å². The van der Waals surface area contributed by atoms with E-state index >= 15 is 0 Å². The van der Waals surface area contributed by atoms with Gasteiger partial charge in [-0.1, -0.05) is 26.7 Å². The lowest BCUT2D eigenvalue weighted by molar-refractivity contribution is 0.148. The van der Waals surface area contributed by atoms with Crippen molar-refractivity contribution in [2.75, 3.05) is 24.7 Å². The Morgan fingerprint density at radius 2 is 2.00 bits per heavy atom. The van der Waals surface area contributed by atoms with E-state index in [1.54, 1.807) is 0 Å². The number of nitrogens with one attached hydrogen (secondary N) is 1. The van der Waals surface area contributed by atoms with Crippen molar-refractivity contribution >= 4 is 11.8 Å². The third-order valence-corrected chi connectivity index (χ3v) is 5.59. The molecule has 0 aromatic heterocycles. The minimum absolute atomic E-state index is 0.0251. The zero-order chi connectivity index (χ0) is 13.3. The lowest BCUT2D eigenvalue weighted by Crippen LogP contribution is -2.48. The Balaban J connectivity index is 2.10. The third-order valence-electron chi connectivity index (χ3n) is 4.30. The first-order chi connectivity index (χ1) is 8.76. The second-order valence-corrected chi connectivity index (χ2v) is 6.80. The van der Waals surface area contributed by atoms with Crippen LogP contribution >= 0.6 is 11.8 Å². The van der Waals surface area contributed by atoms with Gasteiger partial charge in [-0.3, -0.25) is 0 Å². The zero-order valence-corrected chi connectivity index (χ0v) is 13.0. The molecule has 0 aromatic carbocycles. The van der Waals surface area contributed by atoms with Crippen molar-refractivity contribution in [3.8, 4) is 0 Å². The molecule has 1 atom stereocenters. The summed E-state index contributed by atoms with van der Waals surface area (Å²) in [5.41, 5.74) is -0.0251. The van der Waals surface area contributed by atoms with E-state index in [1.807, 2.05) is 0 Å². The first kappa shape index (κ1) is 16.3. The number of likely N-dealkylation sites (N-methyl/N-ethyl adjacent to an activating group) is 1. The molecule has 2 nitrogen and oxygen atoms in total. The van der Waals surface area contributed by atoms with Crippen LogP contribution in [0.1, 0.15) is 58.8 Å². The highest BCUT2D eigenvalue weighted by Gasteiger charge is 2.25. The number of aliphatic hydroxyl groups excluding tert-OH is 1. The minimum Gasteiger partial charge on any atom is -0.394 e. The summed E-state index contributed by atoms with van der Waals surface area (Å²) in [6.07, 6.45) is 9.17. The van der Waals surface area contributed by atoms with Gasteiger partial charge in [0, 0.05) is 5.54 Å². The Morgan fingerprint density at radius 3 is 2.56 bits per heavy atom. The monoisotopic (exact) mass is 273 g/mol. The van der Waals surface area contributed by atoms with E-state index in [0.29, 0.717) is 0 Å². The Bertz CT molecular complexity index is 201. The topological polar surface area (TPSA) is 32.3 Å². The Hall–Kier alpha value is 0.270. The SMILES string of the molecule is CCNC(CC)(CO)CCCSCC1CCCC1. The molecule has 1 aliphatic rings. The number of thioether (sulfide) groups is 1. The van der Waals surface area contributed by atoms with Crippen LogP contribution in [0, 0.1) is 5.92 Å². The van der Waals surface area contributed by atoms with Crippen LogP contribution in [0.2, 0.25) is 0 Å². The summed E-state index contributed by atoms with van der Waals surface area (Å²) in [6.45, 7) is 5.51. The van der Waals surface area contributed by atoms with Crippen LogP contribution < -0.4 is 5.32 Å². The number of aliphatic hydroxyl groups is 1. The molecule has 1 aliphatic carbocycles. The van der Waals surface area contributed by atoms with E-state index in [0.717, 1.165) is 25.3 Å². The van der Waals surface area contributed by atoms with Crippen molar-refractivity contribution in [3.63, 3.8) is 0 Å². The summed E-state index contributed by atoms with van der Waals surface area (Å²) < 4.78 is 0. The van der Waals surface area contributed by atoms with Crippen molar-refractivity contribution in [1.82, 2.24) is 5.32 Å². The van der Waals surface area contributed by atoms with Gasteiger partial charge in [-0.2, -0.15) is 11.8 Å². The molecule has 1 fully saturated rings. The minimum atomic E-state index is -0.0251. The summed E-state index contributed by atoms with van der Waals surface area (Å²) in [6, 6.07) is 0. The number of rotatable bonds is 10. The average Bonchev–Trinajstić information content (AvgIpc) is 2.90. The van der Waals surface area contributed by atoms with E-state index in [2.05, 4.69) is 30.9 Å². The Labute approximate surface area is 117 Å². The van der Waals surface area contributed by atoms with Gasteiger partial charge in [0.2, 0.25) is 0 Å². The molecule has 0 heterocycles. The molecule has 3 heteroatoms. The predicted molar refractivity (Wildman–Crippen MR) is 82.3 cm³/mol. The molecular weight excluding hydrogens is 242 g/mol. The van der Waals surface area contributed by atoms with Gasteiger partial charge in [-0.05, 0) is 56.1 Å². The third kappa shape index (κ3) is 5.50. The van der Waals surface area contributed by atoms with Crippen LogP contribution in [-0.4, -0.2) is 35.3 Å². The van der Waals surface area contributed by atoms with Gasteiger partial charge in [0.1, 0.15) is 0 Å². The Morgan fingerprint density at radius 1 is 1.28 bits per heavy atom. The smallest absolute Gasteiger partial charge is 0.0613 e. The highest BCUT2D eigenvalue weighted by atomic mass is 32.2. The van der Waals surface area contributed by atoms with Crippen LogP contribution in [0.3, 0.4) is 0 Å². The molecule has 0 aliphatic heterocycles. The maximum Gasteiger partial charge on any atom is 0.0613 e. The largest absolute Gasteiger partial charge is 0.394 e. The highest BCUT2D eigenvalue weighted by Crippen LogP contribution is 2.28. The quantitative estimate of drug-likeness (QED) is 0.598. The lowest BCUT2D eigenvalue weighted by Gasteiger charge is -2.31. The highest BCUT2D eigenvalue weighted by molar-refractivity contribution is 7.99. The fourth-order valence-electron chi connectivity index (χ4n) is 2.95. The van der Waals surface area contributed by atoms with E-state index in [-0.39, 0.29) is 12.1 Å². The molecule has 0 aromatic rings. The molecule has 1 unspecified atom stereocenters. The van der Waals surface area contributed by atoms with Crippen molar-refractivity contribution in [3.05, 3.63) is 0 Å². The maximum absolute atomic E-state index is 9.57. The van der Waals surface area contributed by atoms with Gasteiger partial charge in [-0.15, -0.1) is 0 Å². The van der Waals surface area contributed by atoms with Crippen LogP contribution in [0.5, 0.6) is 0 Å². The molecule has 1 rings (SSSR count). The lowest BCUT2D eigenvalue weighted by atomic mass is 9.91. The fourth-order valence-corrected chi connectivity index (χ4v) is 4.13. The first-order valence-corrected chi connectivity index (χ1v) is 8.85. The van der Waals surface area contributed by atoms with E-state index in [4.69, 9.17) is 0 Å². The van der Waals surface area contributed by atoms with Crippen LogP contribution in [0.15, 0.2) is 0 Å². The Kier molecular flexibility index (Phi) is 8.36. The molecule has 0 radical (unpaired) electrons. The molecule has 0 spiro atoms. The van der Waals surface area contributed by atoms with Crippen molar-refractivity contribution < 1.29 is 5.11 Å². The van der Waals surface area contributed by atoms with Crippen molar-refractivity contribution in [2.45, 2.75) is 64.3 Å². The van der Waals surface area contributed by atoms with Gasteiger partial charge < -0.3 is 10.4 Å². The van der Waals surface area contributed by atoms with Crippen LogP contribution in [0.25, 0.3) is 0 Å². The van der Waals surface area contributed by atoms with E-state index in [1.165, 1.54) is 43.6 Å². The predicted octanol–water partition coefficient (Wildman–Crippen LogP) is 3.44. The summed E-state index contributed by atoms with van der Waals surface area (Å²) >= 11 is 2.12. The average molecular weight is 273 g/mol. The molecular formula is C15H31NOS. The summed E-state index contributed by atoms with van der Waals surface area (Å²) in [5, 5.41) is 13.0. The molecule has 0 saturated heterocycles. The summed E-state index contributed by atoms with van der Waals surface area (Å²) in [7, 11) is 0. The van der Waals surface area contributed by atoms with Gasteiger partial charge in [0.15, 0.2) is 0 Å². The molecule has 2 N–H and O–H groups in total. The second kappa shape index (κ2) is 9.22. The van der Waals surface area contributed by atoms with Gasteiger partial charge in [0.05, 0.1) is 6.61 Å². The standard InChI is InChI=1S/C15H31NOS/c1-3-15(13-17,16-4-2)10-7-11-18-12-14-8-5-6-9-14/h14,16-17H,3-13H2,1-2H3. The molecule has 0 amide bonds. The summed E-state index contributed by atoms with van der Waals surface area (Å²) in [5.74, 6) is 3.61. The molecule has 0 bridgehead atoms. The maximum atomic E-state index is 9.57. The summed E-state index contributed by atoms with van der Waals surface area (Å²) in [4.78, 5) is 0. The fraction of sp³-hybridized carbons (Fsp3) is 1.00. The van der Waals surface area contributed by atoms with Crippen molar-refractivity contribution in [1.29, 1.82) is 0 Å². The van der Waals surface area contributed by atoms with Gasteiger partial charge in [-0.25, -0.2) is 0 Å². The van der Waals surface area contributed by atoms with Crippen LogP contribution in [-0.2, 0) is 0 Å². The number of hydrogen-bond acceptors (Lipinski definition) is 3.